The highest BCUT2D eigenvalue weighted by Gasteiger charge is 2.18. The van der Waals surface area contributed by atoms with E-state index in [0.717, 1.165) is 16.8 Å². The fourth-order valence-electron chi connectivity index (χ4n) is 2.80. The Morgan fingerprint density at radius 2 is 1.96 bits per heavy atom. The lowest BCUT2D eigenvalue weighted by Gasteiger charge is -2.18. The van der Waals surface area contributed by atoms with Gasteiger partial charge in [0.05, 0.1) is 17.5 Å². The lowest BCUT2D eigenvalue weighted by atomic mass is 10.1. The first-order valence-electron chi connectivity index (χ1n) is 8.02. The van der Waals surface area contributed by atoms with Gasteiger partial charge >= 0.3 is 0 Å². The van der Waals surface area contributed by atoms with Gasteiger partial charge in [-0.05, 0) is 42.8 Å². The van der Waals surface area contributed by atoms with E-state index in [9.17, 15) is 4.79 Å². The second kappa shape index (κ2) is 6.32. The van der Waals surface area contributed by atoms with Crippen LogP contribution in [0.5, 0.6) is 11.5 Å². The number of nitrogens with one attached hydrogen (secondary N) is 2. The molecule has 6 heteroatoms. The van der Waals surface area contributed by atoms with Crippen LogP contribution in [0.2, 0.25) is 0 Å². The molecule has 0 fully saturated rings. The molecule has 0 bridgehead atoms. The minimum Gasteiger partial charge on any atom is -0.486 e. The summed E-state index contributed by atoms with van der Waals surface area (Å²) in [6.07, 6.45) is 1.53. The van der Waals surface area contributed by atoms with Gasteiger partial charge in [0.25, 0.3) is 5.91 Å². The van der Waals surface area contributed by atoms with Crippen LogP contribution in [0, 0.1) is 6.92 Å². The molecular weight excluding hydrogens is 318 g/mol. The third-order valence-corrected chi connectivity index (χ3v) is 3.99. The zero-order chi connectivity index (χ0) is 17.2. The van der Waals surface area contributed by atoms with Crippen LogP contribution in [0.3, 0.4) is 0 Å². The van der Waals surface area contributed by atoms with E-state index in [4.69, 9.17) is 9.47 Å². The number of aromatic nitrogens is 2. The highest BCUT2D eigenvalue weighted by atomic mass is 16.6. The summed E-state index contributed by atoms with van der Waals surface area (Å²) in [5.74, 6) is 1.16. The van der Waals surface area contributed by atoms with Gasteiger partial charge < -0.3 is 14.8 Å². The highest BCUT2D eigenvalue weighted by Crippen LogP contribution is 2.35. The maximum atomic E-state index is 12.6. The van der Waals surface area contributed by atoms with E-state index >= 15 is 0 Å². The second-order valence-corrected chi connectivity index (χ2v) is 5.84. The van der Waals surface area contributed by atoms with Crippen LogP contribution < -0.4 is 14.8 Å². The molecule has 3 aromatic rings. The van der Waals surface area contributed by atoms with Crippen LogP contribution in [0.1, 0.15) is 15.9 Å². The normalized spacial score (nSPS) is 12.7. The zero-order valence-corrected chi connectivity index (χ0v) is 13.7. The maximum absolute atomic E-state index is 12.6. The lowest BCUT2D eigenvalue weighted by Crippen LogP contribution is -2.15. The number of carbonyl (C=O) groups excluding carboxylic acids is 1. The number of ether oxygens (including phenoxy) is 2. The molecule has 1 aromatic heterocycles. The Kier molecular flexibility index (Phi) is 3.85. The van der Waals surface area contributed by atoms with Crippen LogP contribution in [-0.4, -0.2) is 29.3 Å². The number of benzene rings is 2. The molecule has 1 amide bonds. The van der Waals surface area contributed by atoms with Crippen LogP contribution in [0.15, 0.2) is 48.7 Å². The van der Waals surface area contributed by atoms with Gasteiger partial charge in [0.1, 0.15) is 13.2 Å². The molecule has 0 saturated carbocycles. The number of amides is 1. The van der Waals surface area contributed by atoms with Crippen molar-refractivity contribution < 1.29 is 14.3 Å². The van der Waals surface area contributed by atoms with E-state index in [1.54, 1.807) is 0 Å². The largest absolute Gasteiger partial charge is 0.486 e. The molecule has 1 aliphatic heterocycles. The fourth-order valence-corrected chi connectivity index (χ4v) is 2.80. The van der Waals surface area contributed by atoms with Crippen LogP contribution >= 0.6 is 0 Å². The van der Waals surface area contributed by atoms with Gasteiger partial charge in [0.15, 0.2) is 11.5 Å². The Hall–Kier alpha value is -3.28. The molecule has 25 heavy (non-hydrogen) atoms. The Bertz CT molecular complexity index is 933. The number of carbonyl (C=O) groups is 1. The molecule has 6 nitrogen and oxygen atoms in total. The predicted molar refractivity (Wildman–Crippen MR) is 94.1 cm³/mol. The minimum atomic E-state index is -0.218. The number of hydrogen-bond donors (Lipinski definition) is 2. The van der Waals surface area contributed by atoms with Gasteiger partial charge in [-0.15, -0.1) is 0 Å². The third-order valence-electron chi connectivity index (χ3n) is 3.99. The summed E-state index contributed by atoms with van der Waals surface area (Å²) < 4.78 is 11.1. The van der Waals surface area contributed by atoms with Crippen molar-refractivity contribution in [3.05, 3.63) is 59.8 Å². The Morgan fingerprint density at radius 1 is 1.12 bits per heavy atom. The van der Waals surface area contributed by atoms with Gasteiger partial charge in [-0.2, -0.15) is 5.10 Å². The number of hydrogen-bond acceptors (Lipinski definition) is 4. The molecule has 4 rings (SSSR count). The van der Waals surface area contributed by atoms with E-state index in [-0.39, 0.29) is 5.91 Å². The molecular formula is C19H17N3O3. The molecule has 0 radical (unpaired) electrons. The predicted octanol–water partition coefficient (Wildman–Crippen LogP) is 3.41. The average molecular weight is 335 g/mol. The number of aryl methyl sites for hydroxylation is 1. The number of aromatic amines is 1. The molecule has 2 N–H and O–H groups in total. The van der Waals surface area contributed by atoms with Crippen LogP contribution in [0.4, 0.5) is 5.69 Å². The van der Waals surface area contributed by atoms with Crippen LogP contribution in [-0.2, 0) is 0 Å². The van der Waals surface area contributed by atoms with Crippen molar-refractivity contribution in [2.45, 2.75) is 6.92 Å². The van der Waals surface area contributed by atoms with Crippen molar-refractivity contribution in [1.29, 1.82) is 0 Å². The zero-order valence-electron chi connectivity index (χ0n) is 13.7. The van der Waals surface area contributed by atoms with Crippen molar-refractivity contribution in [2.75, 3.05) is 18.5 Å². The third kappa shape index (κ3) is 3.06. The summed E-state index contributed by atoms with van der Waals surface area (Å²) in [5, 5.41) is 9.84. The summed E-state index contributed by atoms with van der Waals surface area (Å²) in [4.78, 5) is 12.6. The molecule has 0 spiro atoms. The van der Waals surface area contributed by atoms with Gasteiger partial charge in [0.2, 0.25) is 0 Å². The standard InChI is InChI=1S/C19H17N3O3/c1-12-3-2-4-14(9-12)21-19(23)15-11-20-22-18(15)13-5-6-16-17(10-13)25-8-7-24-16/h2-6,9-11H,7-8H2,1H3,(H,20,22)(H,21,23). The van der Waals surface area contributed by atoms with Crippen molar-refractivity contribution >= 4 is 11.6 Å². The molecule has 126 valence electrons. The fraction of sp³-hybridized carbons (Fsp3) is 0.158. The highest BCUT2D eigenvalue weighted by molar-refractivity contribution is 6.08. The van der Waals surface area contributed by atoms with Gasteiger partial charge in [-0.3, -0.25) is 9.89 Å². The summed E-state index contributed by atoms with van der Waals surface area (Å²) in [6, 6.07) is 13.2. The number of H-pyrrole nitrogens is 1. The Balaban J connectivity index is 1.63. The van der Waals surface area contributed by atoms with E-state index < -0.39 is 0 Å². The summed E-state index contributed by atoms with van der Waals surface area (Å²) >= 11 is 0. The topological polar surface area (TPSA) is 76.2 Å². The summed E-state index contributed by atoms with van der Waals surface area (Å²) in [5.41, 5.74) is 3.76. The monoisotopic (exact) mass is 335 g/mol. The maximum Gasteiger partial charge on any atom is 0.259 e. The summed E-state index contributed by atoms with van der Waals surface area (Å²) in [6.45, 7) is 3.04. The number of nitrogens with zero attached hydrogens (tertiary/aromatic N) is 1. The Labute approximate surface area is 144 Å². The first-order valence-corrected chi connectivity index (χ1v) is 8.02. The molecule has 1 aliphatic rings. The number of rotatable bonds is 3. The van der Waals surface area contributed by atoms with Gasteiger partial charge in [0, 0.05) is 11.3 Å². The molecule has 2 aromatic carbocycles. The molecule has 2 heterocycles. The summed E-state index contributed by atoms with van der Waals surface area (Å²) in [7, 11) is 0. The van der Waals surface area contributed by atoms with Crippen molar-refractivity contribution in [3.8, 4) is 22.8 Å². The second-order valence-electron chi connectivity index (χ2n) is 5.84. The minimum absolute atomic E-state index is 0.218. The van der Waals surface area contributed by atoms with E-state index in [2.05, 4.69) is 15.5 Å². The SMILES string of the molecule is Cc1cccc(NC(=O)c2cn[nH]c2-c2ccc3c(c2)OCCO3)c1. The first kappa shape index (κ1) is 15.3. The molecule has 0 aliphatic carbocycles. The quantitative estimate of drug-likeness (QED) is 0.769. The number of anilines is 1. The van der Waals surface area contributed by atoms with E-state index in [1.807, 2.05) is 49.4 Å². The van der Waals surface area contributed by atoms with E-state index in [0.29, 0.717) is 36.0 Å². The smallest absolute Gasteiger partial charge is 0.259 e. The molecule has 0 unspecified atom stereocenters. The van der Waals surface area contributed by atoms with Gasteiger partial charge in [-0.25, -0.2) is 0 Å². The first-order chi connectivity index (χ1) is 12.2. The van der Waals surface area contributed by atoms with Crippen molar-refractivity contribution in [1.82, 2.24) is 10.2 Å². The molecule has 0 atom stereocenters. The van der Waals surface area contributed by atoms with Gasteiger partial charge in [-0.1, -0.05) is 12.1 Å². The number of fused-ring (bicyclic) bond motifs is 1. The lowest BCUT2D eigenvalue weighted by molar-refractivity contribution is 0.102. The Morgan fingerprint density at radius 3 is 2.80 bits per heavy atom. The average Bonchev–Trinajstić information content (AvgIpc) is 3.11. The van der Waals surface area contributed by atoms with Crippen molar-refractivity contribution in [2.24, 2.45) is 0 Å². The van der Waals surface area contributed by atoms with Crippen molar-refractivity contribution in [3.63, 3.8) is 0 Å². The van der Waals surface area contributed by atoms with Crippen LogP contribution in [0.25, 0.3) is 11.3 Å². The van der Waals surface area contributed by atoms with E-state index in [1.165, 1.54) is 6.20 Å². The molecule has 0 saturated heterocycles.